The zero-order valence-corrected chi connectivity index (χ0v) is 7.92. The van der Waals surface area contributed by atoms with Crippen LogP contribution in [-0.4, -0.2) is 13.6 Å². The quantitative estimate of drug-likeness (QED) is 0.486. The molecule has 0 N–H and O–H groups in total. The Bertz CT molecular complexity index is 103. The Balaban J connectivity index is 3.68. The molecule has 62 valence electrons. The second kappa shape index (κ2) is 3.83. The van der Waals surface area contributed by atoms with E-state index in [1.54, 1.807) is 0 Å². The maximum absolute atomic E-state index is 11.6. The molecular weight excluding hydrogens is 204 g/mol. The average Bonchev–Trinajstić information content (AvgIpc) is 1.60. The molecule has 0 amide bonds. The molecule has 6 heteroatoms. The van der Waals surface area contributed by atoms with Gasteiger partial charge in [0.05, 0.1) is 0 Å². The van der Waals surface area contributed by atoms with E-state index in [1.165, 1.54) is 6.92 Å². The van der Waals surface area contributed by atoms with Crippen LogP contribution in [0.15, 0.2) is 0 Å². The van der Waals surface area contributed by atoms with Crippen LogP contribution >= 0.6 is 22.2 Å². The molecule has 0 aromatic carbocycles. The third-order valence-electron chi connectivity index (χ3n) is 0.984. The fourth-order valence-corrected chi connectivity index (χ4v) is 1.43. The summed E-state index contributed by atoms with van der Waals surface area (Å²) >= 11 is 10.7. The van der Waals surface area contributed by atoms with Crippen molar-refractivity contribution in [3.63, 3.8) is 0 Å². The molecule has 0 saturated carbocycles. The molecule has 0 rings (SSSR count). The molecule has 1 atom stereocenters. The van der Waals surface area contributed by atoms with E-state index in [2.05, 4.69) is 0 Å². The van der Waals surface area contributed by atoms with E-state index in [0.717, 1.165) is 0 Å². The highest BCUT2D eigenvalue weighted by molar-refractivity contribution is 7.34. The van der Waals surface area contributed by atoms with Gasteiger partial charge < -0.3 is 0 Å². The maximum Gasteiger partial charge on any atom is 0.389 e. The fourth-order valence-electron chi connectivity index (χ4n) is 0.454. The van der Waals surface area contributed by atoms with Crippen LogP contribution in [0.4, 0.5) is 13.2 Å². The Labute approximate surface area is 68.3 Å². The highest BCUT2D eigenvalue weighted by Gasteiger charge is 2.32. The van der Waals surface area contributed by atoms with Crippen LogP contribution in [0.3, 0.4) is 0 Å². The van der Waals surface area contributed by atoms with E-state index >= 15 is 0 Å². The Morgan fingerprint density at radius 1 is 1.40 bits per heavy atom. The second-order valence-electron chi connectivity index (χ2n) is 2.13. The first-order chi connectivity index (χ1) is 4.33. The van der Waals surface area contributed by atoms with E-state index < -0.39 is 25.6 Å². The van der Waals surface area contributed by atoms with Crippen molar-refractivity contribution in [2.45, 2.75) is 25.1 Å². The van der Waals surface area contributed by atoms with Gasteiger partial charge in [0.2, 0.25) is 7.42 Å². The van der Waals surface area contributed by atoms with Gasteiger partial charge in [-0.3, -0.25) is 0 Å². The summed E-state index contributed by atoms with van der Waals surface area (Å²) in [6.07, 6.45) is -4.99. The summed E-state index contributed by atoms with van der Waals surface area (Å²) in [5.41, 5.74) is -0.594. The predicted octanol–water partition coefficient (Wildman–Crippen LogP) is 3.03. The fraction of sp³-hybridized carbons (Fsp3) is 1.00. The van der Waals surface area contributed by atoms with E-state index in [4.69, 9.17) is 22.2 Å². The summed E-state index contributed by atoms with van der Waals surface area (Å²) in [4.78, 5) is 0. The molecule has 0 heterocycles. The first-order valence-corrected chi connectivity index (χ1v) is 6.83. The highest BCUT2D eigenvalue weighted by atomic mass is 35.7. The Morgan fingerprint density at radius 3 is 1.90 bits per heavy atom. The van der Waals surface area contributed by atoms with Crippen LogP contribution in [0.1, 0.15) is 13.3 Å². The summed E-state index contributed by atoms with van der Waals surface area (Å²) < 4.78 is 34.7. The predicted molar refractivity (Wildman–Crippen MR) is 39.0 cm³/mol. The summed E-state index contributed by atoms with van der Waals surface area (Å²) in [5.74, 6) is 0. The van der Waals surface area contributed by atoms with Gasteiger partial charge in [-0.1, -0.05) is 6.92 Å². The largest absolute Gasteiger partial charge is 0.389 e. The van der Waals surface area contributed by atoms with Crippen molar-refractivity contribution < 1.29 is 13.2 Å². The summed E-state index contributed by atoms with van der Waals surface area (Å²) in [6, 6.07) is 0. The summed E-state index contributed by atoms with van der Waals surface area (Å²) in [6.45, 7) is 1.42. The normalized spacial score (nSPS) is 15.9. The molecule has 0 radical (unpaired) electrons. The van der Waals surface area contributed by atoms with Crippen LogP contribution in [0, 0.1) is 0 Å². The van der Waals surface area contributed by atoms with Crippen LogP contribution in [0.25, 0.3) is 0 Å². The molecule has 0 fully saturated rings. The minimum absolute atomic E-state index is 0.594. The third kappa shape index (κ3) is 5.38. The van der Waals surface area contributed by atoms with E-state index in [-0.39, 0.29) is 0 Å². The first kappa shape index (κ1) is 10.6. The van der Waals surface area contributed by atoms with Crippen LogP contribution in [-0.2, 0) is 0 Å². The molecule has 1 unspecified atom stereocenters. The standard InChI is InChI=1S/C4H7Cl2F3Si/c1-3(10(5)6)2-4(7,8)9/h3,10H,2H2,1H3. The van der Waals surface area contributed by atoms with Gasteiger partial charge in [0.15, 0.2) is 0 Å². The highest BCUT2D eigenvalue weighted by Crippen LogP contribution is 2.31. The molecule has 0 aliphatic rings. The molecule has 0 saturated heterocycles. The minimum atomic E-state index is -4.13. The molecule has 0 aromatic heterocycles. The van der Waals surface area contributed by atoms with E-state index in [0.29, 0.717) is 0 Å². The van der Waals surface area contributed by atoms with Gasteiger partial charge in [0.25, 0.3) is 0 Å². The van der Waals surface area contributed by atoms with Crippen molar-refractivity contribution >= 4 is 29.6 Å². The van der Waals surface area contributed by atoms with Crippen molar-refractivity contribution in [3.05, 3.63) is 0 Å². The number of hydrogen-bond acceptors (Lipinski definition) is 0. The summed E-state index contributed by atoms with van der Waals surface area (Å²) in [5, 5.41) is 0. The number of alkyl halides is 3. The van der Waals surface area contributed by atoms with Crippen molar-refractivity contribution in [3.8, 4) is 0 Å². The number of hydrogen-bond donors (Lipinski definition) is 0. The van der Waals surface area contributed by atoms with E-state index in [1.807, 2.05) is 0 Å². The van der Waals surface area contributed by atoms with Crippen molar-refractivity contribution in [1.82, 2.24) is 0 Å². The Morgan fingerprint density at radius 2 is 1.80 bits per heavy atom. The van der Waals surface area contributed by atoms with Gasteiger partial charge in [0, 0.05) is 6.42 Å². The number of rotatable bonds is 2. The van der Waals surface area contributed by atoms with Crippen molar-refractivity contribution in [2.24, 2.45) is 0 Å². The van der Waals surface area contributed by atoms with Crippen LogP contribution in [0.5, 0.6) is 0 Å². The van der Waals surface area contributed by atoms with Gasteiger partial charge in [-0.2, -0.15) is 35.3 Å². The van der Waals surface area contributed by atoms with Crippen LogP contribution < -0.4 is 0 Å². The molecule has 0 aliphatic carbocycles. The molecule has 0 aliphatic heterocycles. The van der Waals surface area contributed by atoms with Crippen molar-refractivity contribution in [2.75, 3.05) is 0 Å². The topological polar surface area (TPSA) is 0 Å². The van der Waals surface area contributed by atoms with E-state index in [9.17, 15) is 13.2 Å². The van der Waals surface area contributed by atoms with Gasteiger partial charge in [-0.05, 0) is 5.54 Å². The first-order valence-electron chi connectivity index (χ1n) is 2.68. The lowest BCUT2D eigenvalue weighted by atomic mass is 10.3. The summed E-state index contributed by atoms with van der Waals surface area (Å²) in [7, 11) is -2.14. The van der Waals surface area contributed by atoms with Gasteiger partial charge in [-0.15, -0.1) is 0 Å². The van der Waals surface area contributed by atoms with Gasteiger partial charge in [-0.25, -0.2) is 0 Å². The average molecular weight is 211 g/mol. The monoisotopic (exact) mass is 210 g/mol. The Hall–Kier alpha value is 0.587. The Kier molecular flexibility index (Phi) is 4.05. The lowest BCUT2D eigenvalue weighted by Gasteiger charge is -2.12. The number of halogens is 5. The molecular formula is C4H7Cl2F3Si. The second-order valence-corrected chi connectivity index (χ2v) is 7.43. The minimum Gasteiger partial charge on any atom is -0.171 e. The van der Waals surface area contributed by atoms with Crippen LogP contribution in [0.2, 0.25) is 5.54 Å². The lowest BCUT2D eigenvalue weighted by Crippen LogP contribution is -2.15. The molecule has 0 spiro atoms. The molecule has 0 nitrogen and oxygen atoms in total. The SMILES string of the molecule is CC(CC(F)(F)F)[SiH](Cl)Cl. The van der Waals surface area contributed by atoms with Gasteiger partial charge >= 0.3 is 6.18 Å². The third-order valence-corrected chi connectivity index (χ3v) is 4.66. The van der Waals surface area contributed by atoms with Gasteiger partial charge in [0.1, 0.15) is 0 Å². The maximum atomic E-state index is 11.6. The van der Waals surface area contributed by atoms with Crippen molar-refractivity contribution in [1.29, 1.82) is 0 Å². The zero-order chi connectivity index (χ0) is 8.36. The molecule has 0 bridgehead atoms. The molecule has 0 aromatic rings. The smallest absolute Gasteiger partial charge is 0.171 e. The zero-order valence-electron chi connectivity index (χ0n) is 5.25. The lowest BCUT2D eigenvalue weighted by molar-refractivity contribution is -0.134. The molecule has 10 heavy (non-hydrogen) atoms.